The predicted octanol–water partition coefficient (Wildman–Crippen LogP) is 3.77. The third kappa shape index (κ3) is 2.55. The third-order valence-electron chi connectivity index (χ3n) is 3.45. The Balaban J connectivity index is 2.25. The van der Waals surface area contributed by atoms with Crippen molar-refractivity contribution in [2.45, 2.75) is 5.92 Å². The molecule has 2 aromatic carbocycles. The van der Waals surface area contributed by atoms with Crippen LogP contribution in [0.2, 0.25) is 0 Å². The van der Waals surface area contributed by atoms with Crippen molar-refractivity contribution in [2.75, 3.05) is 0 Å². The lowest BCUT2D eigenvalue weighted by atomic mass is 9.92. The average Bonchev–Trinajstić information content (AvgIpc) is 2.51. The van der Waals surface area contributed by atoms with E-state index in [4.69, 9.17) is 4.42 Å². The van der Waals surface area contributed by atoms with Gasteiger partial charge in [-0.3, -0.25) is 9.59 Å². The van der Waals surface area contributed by atoms with Gasteiger partial charge in [0.1, 0.15) is 11.5 Å². The van der Waals surface area contributed by atoms with Crippen LogP contribution in [-0.2, 0) is 4.79 Å². The molecule has 0 fully saturated rings. The van der Waals surface area contributed by atoms with Crippen LogP contribution in [0, 0.1) is 0 Å². The second-order valence-electron chi connectivity index (χ2n) is 4.84. The summed E-state index contributed by atoms with van der Waals surface area (Å²) in [6.45, 7) is 0. The standard InChI is InChI=1S/C17H11BrO4/c18-11-6-7-14-12(8-11)16(19)13(9-22-14)15(17(20)21)10-4-2-1-3-5-10/h1-9,15H,(H,20,21)/t15-/m1/s1. The first-order valence-electron chi connectivity index (χ1n) is 6.56. The number of carboxylic acids is 1. The van der Waals surface area contributed by atoms with Gasteiger partial charge in [0, 0.05) is 4.47 Å². The zero-order chi connectivity index (χ0) is 15.7. The molecule has 0 unspecified atom stereocenters. The summed E-state index contributed by atoms with van der Waals surface area (Å²) in [6, 6.07) is 13.7. The number of hydrogen-bond donors (Lipinski definition) is 1. The maximum atomic E-state index is 12.7. The predicted molar refractivity (Wildman–Crippen MR) is 86.1 cm³/mol. The van der Waals surface area contributed by atoms with E-state index in [1.165, 1.54) is 6.26 Å². The van der Waals surface area contributed by atoms with Crippen molar-refractivity contribution in [3.63, 3.8) is 0 Å². The minimum Gasteiger partial charge on any atom is -0.481 e. The van der Waals surface area contributed by atoms with Gasteiger partial charge in [-0.1, -0.05) is 46.3 Å². The highest BCUT2D eigenvalue weighted by Crippen LogP contribution is 2.25. The van der Waals surface area contributed by atoms with Crippen molar-refractivity contribution >= 4 is 32.9 Å². The summed E-state index contributed by atoms with van der Waals surface area (Å²) in [4.78, 5) is 24.3. The summed E-state index contributed by atoms with van der Waals surface area (Å²) in [5.41, 5.74) is 0.744. The van der Waals surface area contributed by atoms with E-state index in [9.17, 15) is 14.7 Å². The van der Waals surface area contributed by atoms with Gasteiger partial charge in [-0.05, 0) is 23.8 Å². The van der Waals surface area contributed by atoms with Gasteiger partial charge in [0.15, 0.2) is 5.43 Å². The summed E-state index contributed by atoms with van der Waals surface area (Å²) in [7, 11) is 0. The summed E-state index contributed by atoms with van der Waals surface area (Å²) in [6.07, 6.45) is 1.24. The molecule has 1 heterocycles. The molecular formula is C17H11BrO4. The van der Waals surface area contributed by atoms with E-state index < -0.39 is 11.9 Å². The van der Waals surface area contributed by atoms with Gasteiger partial charge in [-0.25, -0.2) is 0 Å². The van der Waals surface area contributed by atoms with Crippen molar-refractivity contribution in [1.29, 1.82) is 0 Å². The fourth-order valence-corrected chi connectivity index (χ4v) is 2.78. The van der Waals surface area contributed by atoms with Crippen LogP contribution in [0.15, 0.2) is 68.5 Å². The Morgan fingerprint density at radius 1 is 1.14 bits per heavy atom. The largest absolute Gasteiger partial charge is 0.481 e. The van der Waals surface area contributed by atoms with Gasteiger partial charge in [0.25, 0.3) is 0 Å². The first-order chi connectivity index (χ1) is 10.6. The summed E-state index contributed by atoms with van der Waals surface area (Å²) in [5, 5.41) is 9.90. The monoisotopic (exact) mass is 358 g/mol. The van der Waals surface area contributed by atoms with Gasteiger partial charge in [0.05, 0.1) is 17.2 Å². The fraction of sp³-hybridized carbons (Fsp3) is 0.0588. The van der Waals surface area contributed by atoms with Crippen LogP contribution < -0.4 is 5.43 Å². The molecule has 1 N–H and O–H groups in total. The number of carboxylic acid groups (broad SMARTS) is 1. The quantitative estimate of drug-likeness (QED) is 0.773. The van der Waals surface area contributed by atoms with Crippen LogP contribution in [-0.4, -0.2) is 11.1 Å². The smallest absolute Gasteiger partial charge is 0.315 e. The highest BCUT2D eigenvalue weighted by molar-refractivity contribution is 9.10. The Morgan fingerprint density at radius 3 is 2.55 bits per heavy atom. The van der Waals surface area contributed by atoms with Crippen LogP contribution in [0.1, 0.15) is 17.0 Å². The molecule has 5 heteroatoms. The molecular weight excluding hydrogens is 348 g/mol. The van der Waals surface area contributed by atoms with Gasteiger partial charge in [0.2, 0.25) is 0 Å². The molecule has 3 rings (SSSR count). The number of carbonyl (C=O) groups is 1. The number of hydrogen-bond acceptors (Lipinski definition) is 3. The van der Waals surface area contributed by atoms with Crippen LogP contribution in [0.4, 0.5) is 0 Å². The molecule has 0 spiro atoms. The lowest BCUT2D eigenvalue weighted by Gasteiger charge is -2.12. The molecule has 22 heavy (non-hydrogen) atoms. The van der Waals surface area contributed by atoms with E-state index in [0.717, 1.165) is 4.47 Å². The van der Waals surface area contributed by atoms with Crippen LogP contribution in [0.3, 0.4) is 0 Å². The number of rotatable bonds is 3. The molecule has 0 radical (unpaired) electrons. The lowest BCUT2D eigenvalue weighted by molar-refractivity contribution is -0.137. The van der Waals surface area contributed by atoms with Crippen LogP contribution in [0.5, 0.6) is 0 Å². The number of benzene rings is 2. The maximum absolute atomic E-state index is 12.7. The van der Waals surface area contributed by atoms with E-state index >= 15 is 0 Å². The molecule has 3 aromatic rings. The molecule has 0 aliphatic carbocycles. The average molecular weight is 359 g/mol. The minimum absolute atomic E-state index is 0.115. The van der Waals surface area contributed by atoms with Crippen LogP contribution in [0.25, 0.3) is 11.0 Å². The number of aliphatic carboxylic acids is 1. The highest BCUT2D eigenvalue weighted by Gasteiger charge is 2.26. The molecule has 1 atom stereocenters. The van der Waals surface area contributed by atoms with Gasteiger partial charge >= 0.3 is 5.97 Å². The second kappa shape index (κ2) is 5.77. The molecule has 4 nitrogen and oxygen atoms in total. The first-order valence-corrected chi connectivity index (χ1v) is 7.36. The molecule has 0 saturated heterocycles. The van der Waals surface area contributed by atoms with Crippen molar-refractivity contribution in [3.05, 3.63) is 80.6 Å². The number of fused-ring (bicyclic) bond motifs is 1. The molecule has 0 aliphatic heterocycles. The Kier molecular flexibility index (Phi) is 3.81. The van der Waals surface area contributed by atoms with E-state index in [0.29, 0.717) is 16.5 Å². The second-order valence-corrected chi connectivity index (χ2v) is 5.76. The van der Waals surface area contributed by atoms with Crippen molar-refractivity contribution in [2.24, 2.45) is 0 Å². The molecule has 0 aliphatic rings. The Bertz CT molecular complexity index is 899. The zero-order valence-corrected chi connectivity index (χ0v) is 12.9. The summed E-state index contributed by atoms with van der Waals surface area (Å²) in [5.74, 6) is -2.14. The van der Waals surface area contributed by atoms with Gasteiger partial charge < -0.3 is 9.52 Å². The topological polar surface area (TPSA) is 67.5 Å². The van der Waals surface area contributed by atoms with Gasteiger partial charge in [-0.2, -0.15) is 0 Å². The lowest BCUT2D eigenvalue weighted by Crippen LogP contribution is -2.21. The van der Waals surface area contributed by atoms with E-state index in [-0.39, 0.29) is 11.0 Å². The van der Waals surface area contributed by atoms with E-state index in [2.05, 4.69) is 15.9 Å². The normalized spacial score (nSPS) is 12.2. The first kappa shape index (κ1) is 14.5. The summed E-state index contributed by atoms with van der Waals surface area (Å²) >= 11 is 3.31. The van der Waals surface area contributed by atoms with Crippen molar-refractivity contribution < 1.29 is 14.3 Å². The SMILES string of the molecule is O=C(O)[C@H](c1ccccc1)c1coc2ccc(Br)cc2c1=O. The third-order valence-corrected chi connectivity index (χ3v) is 3.95. The van der Waals surface area contributed by atoms with Crippen LogP contribution >= 0.6 is 15.9 Å². The Hall–Kier alpha value is -2.40. The van der Waals surface area contributed by atoms with Gasteiger partial charge in [-0.15, -0.1) is 0 Å². The highest BCUT2D eigenvalue weighted by atomic mass is 79.9. The number of halogens is 1. The molecule has 1 aromatic heterocycles. The van der Waals surface area contributed by atoms with Crippen molar-refractivity contribution in [1.82, 2.24) is 0 Å². The Morgan fingerprint density at radius 2 is 1.86 bits per heavy atom. The molecule has 0 amide bonds. The molecule has 110 valence electrons. The zero-order valence-electron chi connectivity index (χ0n) is 11.3. The fourth-order valence-electron chi connectivity index (χ4n) is 2.42. The summed E-state index contributed by atoms with van der Waals surface area (Å²) < 4.78 is 6.18. The molecule has 0 bridgehead atoms. The van der Waals surface area contributed by atoms with Crippen molar-refractivity contribution in [3.8, 4) is 0 Å². The van der Waals surface area contributed by atoms with E-state index in [1.807, 2.05) is 0 Å². The maximum Gasteiger partial charge on any atom is 0.315 e. The Labute approximate surface area is 134 Å². The minimum atomic E-state index is -1.09. The molecule has 0 saturated carbocycles. The van der Waals surface area contributed by atoms with E-state index in [1.54, 1.807) is 48.5 Å².